The molecule has 9 heavy (non-hydrogen) atoms. The van der Waals surface area contributed by atoms with Crippen molar-refractivity contribution >= 4 is 66.0 Å². The molecule has 0 saturated carbocycles. The number of rotatable bonds is 3. The molecule has 0 unspecified atom stereocenters. The van der Waals surface area contributed by atoms with Crippen molar-refractivity contribution in [3.8, 4) is 0 Å². The van der Waals surface area contributed by atoms with Gasteiger partial charge in [0.15, 0.2) is 0 Å². The first kappa shape index (κ1) is 13.1. The topological polar surface area (TPSA) is 26.0 Å². The monoisotopic (exact) mass is 191 g/mol. The molecule has 0 aliphatic carbocycles. The van der Waals surface area contributed by atoms with Crippen molar-refractivity contribution in [1.29, 1.82) is 0 Å². The summed E-state index contributed by atoms with van der Waals surface area (Å²) in [5.74, 6) is 1.08. The molecule has 0 fully saturated rings. The number of nitrogens with two attached hydrogens (primary N) is 1. The first-order valence-electron chi connectivity index (χ1n) is 2.69. The number of thiocarbonyl (C=S) groups is 1. The van der Waals surface area contributed by atoms with E-state index in [9.17, 15) is 0 Å². The van der Waals surface area contributed by atoms with E-state index in [-0.39, 0.29) is 40.6 Å². The fourth-order valence-corrected chi connectivity index (χ4v) is 1.20. The van der Waals surface area contributed by atoms with Crippen LogP contribution in [0.25, 0.3) is 0 Å². The maximum Gasteiger partial charge on any atom is 2.00 e. The summed E-state index contributed by atoms with van der Waals surface area (Å²) in [6.07, 6.45) is 2.43. The van der Waals surface area contributed by atoms with Gasteiger partial charge in [0.2, 0.25) is 0 Å². The Balaban J connectivity index is -0.0000000817. The third-order valence-corrected chi connectivity index (χ3v) is 1.87. The van der Waals surface area contributed by atoms with E-state index in [1.807, 2.05) is 0 Å². The smallest absolute Gasteiger partial charge is 1.00 e. The minimum atomic E-state index is 0. The minimum absolute atomic E-state index is 0. The summed E-state index contributed by atoms with van der Waals surface area (Å²) in [6.45, 7) is 2.15. The average molecular weight is 191 g/mol. The third kappa shape index (κ3) is 12.6. The Morgan fingerprint density at radius 2 is 2.33 bits per heavy atom. The first-order chi connectivity index (χ1) is 3.77. The van der Waals surface area contributed by atoms with Crippen LogP contribution in [0.4, 0.5) is 0 Å². The molecule has 0 aliphatic rings. The Hall–Kier alpha value is 1.50. The molecule has 0 atom stereocenters. The molecule has 1 nitrogen and oxygen atoms in total. The SMILES string of the molecule is CCCCSC(N)=S.[Ca+2].[H-].[H-]. The largest absolute Gasteiger partial charge is 2.00 e. The Kier molecular flexibility index (Phi) is 13.8. The van der Waals surface area contributed by atoms with Crippen molar-refractivity contribution in [1.82, 2.24) is 0 Å². The summed E-state index contributed by atoms with van der Waals surface area (Å²) in [6, 6.07) is 0. The van der Waals surface area contributed by atoms with Crippen LogP contribution in [-0.4, -0.2) is 47.8 Å². The predicted molar refractivity (Wildman–Crippen MR) is 52.1 cm³/mol. The zero-order valence-corrected chi connectivity index (χ0v) is 9.56. The normalized spacial score (nSPS) is 8.11. The molecule has 0 spiro atoms. The van der Waals surface area contributed by atoms with Crippen LogP contribution >= 0.6 is 24.0 Å². The van der Waals surface area contributed by atoms with E-state index in [1.54, 1.807) is 11.8 Å². The van der Waals surface area contributed by atoms with Crippen LogP contribution in [0.1, 0.15) is 22.6 Å². The van der Waals surface area contributed by atoms with Gasteiger partial charge in [-0.2, -0.15) is 0 Å². The van der Waals surface area contributed by atoms with E-state index in [2.05, 4.69) is 19.1 Å². The molecule has 0 amide bonds. The van der Waals surface area contributed by atoms with Crippen molar-refractivity contribution in [2.45, 2.75) is 19.8 Å². The number of hydrogen-bond donors (Lipinski definition) is 1. The quantitative estimate of drug-likeness (QED) is 0.417. The summed E-state index contributed by atoms with van der Waals surface area (Å²) < 4.78 is 0.568. The van der Waals surface area contributed by atoms with Crippen molar-refractivity contribution < 1.29 is 2.85 Å². The van der Waals surface area contributed by atoms with Gasteiger partial charge in [0.05, 0.1) is 0 Å². The van der Waals surface area contributed by atoms with E-state index >= 15 is 0 Å². The molecule has 0 saturated heterocycles. The summed E-state index contributed by atoms with van der Waals surface area (Å²) >= 11 is 6.21. The molecule has 2 N–H and O–H groups in total. The van der Waals surface area contributed by atoms with Gasteiger partial charge >= 0.3 is 37.7 Å². The van der Waals surface area contributed by atoms with Crippen molar-refractivity contribution in [3.63, 3.8) is 0 Å². The van der Waals surface area contributed by atoms with Gasteiger partial charge in [0, 0.05) is 5.75 Å². The van der Waals surface area contributed by atoms with Gasteiger partial charge in [-0.15, -0.1) is 0 Å². The second-order valence-electron chi connectivity index (χ2n) is 1.52. The molecule has 0 aliphatic heterocycles. The second-order valence-corrected chi connectivity index (χ2v) is 3.36. The maximum absolute atomic E-state index is 5.23. The summed E-state index contributed by atoms with van der Waals surface area (Å²) in [7, 11) is 0. The first-order valence-corrected chi connectivity index (χ1v) is 4.09. The summed E-state index contributed by atoms with van der Waals surface area (Å²) in [5, 5.41) is 0. The van der Waals surface area contributed by atoms with E-state index in [0.29, 0.717) is 4.32 Å². The molecule has 52 valence electrons. The van der Waals surface area contributed by atoms with E-state index in [1.165, 1.54) is 12.8 Å². The zero-order chi connectivity index (χ0) is 6.41. The van der Waals surface area contributed by atoms with E-state index in [4.69, 9.17) is 5.73 Å². The molecule has 4 heteroatoms. The van der Waals surface area contributed by atoms with Crippen LogP contribution in [0, 0.1) is 0 Å². The van der Waals surface area contributed by atoms with Gasteiger partial charge in [0.1, 0.15) is 4.32 Å². The molecular formula is C5H13CaNS2. The fourth-order valence-electron chi connectivity index (χ4n) is 0.317. The molecule has 0 aromatic carbocycles. The van der Waals surface area contributed by atoms with Crippen LogP contribution in [0.15, 0.2) is 0 Å². The summed E-state index contributed by atoms with van der Waals surface area (Å²) in [4.78, 5) is 0. The van der Waals surface area contributed by atoms with Crippen LogP contribution in [0.3, 0.4) is 0 Å². The Morgan fingerprint density at radius 1 is 1.78 bits per heavy atom. The van der Waals surface area contributed by atoms with Gasteiger partial charge in [0.25, 0.3) is 0 Å². The summed E-state index contributed by atoms with van der Waals surface area (Å²) in [5.41, 5.74) is 5.23. The average Bonchev–Trinajstić information content (AvgIpc) is 1.66. The predicted octanol–water partition coefficient (Wildman–Crippen LogP) is 1.61. The van der Waals surface area contributed by atoms with Gasteiger partial charge in [-0.05, 0) is 6.42 Å². The van der Waals surface area contributed by atoms with Crippen molar-refractivity contribution in [3.05, 3.63) is 0 Å². The minimum Gasteiger partial charge on any atom is -1.00 e. The fraction of sp³-hybridized carbons (Fsp3) is 0.800. The van der Waals surface area contributed by atoms with E-state index < -0.39 is 0 Å². The van der Waals surface area contributed by atoms with Gasteiger partial charge in [-0.1, -0.05) is 37.3 Å². The molecular weight excluding hydrogens is 178 g/mol. The zero-order valence-electron chi connectivity index (χ0n) is 7.72. The molecule has 0 aromatic rings. The van der Waals surface area contributed by atoms with Gasteiger partial charge < -0.3 is 8.59 Å². The maximum atomic E-state index is 5.23. The second kappa shape index (κ2) is 9.50. The number of unbranched alkanes of at least 4 members (excludes halogenated alkanes) is 1. The van der Waals surface area contributed by atoms with Gasteiger partial charge in [-0.3, -0.25) is 0 Å². The Bertz CT molecular complexity index is 84.9. The molecule has 0 rings (SSSR count). The van der Waals surface area contributed by atoms with Gasteiger partial charge in [-0.25, -0.2) is 0 Å². The Morgan fingerprint density at radius 3 is 2.67 bits per heavy atom. The van der Waals surface area contributed by atoms with Crippen LogP contribution in [0.5, 0.6) is 0 Å². The standard InChI is InChI=1S/C5H11NS2.Ca.2H/c1-2-3-4-8-5(6)7;;;/h2-4H2,1H3,(H2,6,7);;;/q;+2;2*-1. The van der Waals surface area contributed by atoms with Crippen LogP contribution < -0.4 is 5.73 Å². The van der Waals surface area contributed by atoms with Crippen molar-refractivity contribution in [2.24, 2.45) is 5.73 Å². The molecule has 0 heterocycles. The van der Waals surface area contributed by atoms with Crippen molar-refractivity contribution in [2.75, 3.05) is 5.75 Å². The molecule has 0 aromatic heterocycles. The number of thioether (sulfide) groups is 1. The number of hydrogen-bond acceptors (Lipinski definition) is 2. The Labute approximate surface area is 99.1 Å². The van der Waals surface area contributed by atoms with Crippen LogP contribution in [0.2, 0.25) is 0 Å². The molecule has 0 radical (unpaired) electrons. The molecule has 0 bridgehead atoms. The third-order valence-electron chi connectivity index (χ3n) is 0.742. The van der Waals surface area contributed by atoms with E-state index in [0.717, 1.165) is 5.75 Å². The van der Waals surface area contributed by atoms with Crippen LogP contribution in [-0.2, 0) is 0 Å².